The summed E-state index contributed by atoms with van der Waals surface area (Å²) in [5.41, 5.74) is 1.34. The Morgan fingerprint density at radius 2 is 2.06 bits per heavy atom. The molecule has 2 aliphatic rings. The minimum atomic E-state index is -1.87. The van der Waals surface area contributed by atoms with Crippen molar-refractivity contribution in [2.24, 2.45) is 0 Å². The highest BCUT2D eigenvalue weighted by molar-refractivity contribution is 5.89. The molecule has 3 N–H and O–H groups in total. The molecule has 0 saturated heterocycles. The van der Waals surface area contributed by atoms with Gasteiger partial charge in [-0.3, -0.25) is 4.79 Å². The number of hydrogen-bond acceptors (Lipinski definition) is 8. The number of fused-ring (bicyclic) bond motifs is 5. The number of rotatable bonds is 3. The van der Waals surface area contributed by atoms with Gasteiger partial charge in [0.1, 0.15) is 12.4 Å². The van der Waals surface area contributed by atoms with E-state index in [2.05, 4.69) is 0 Å². The van der Waals surface area contributed by atoms with Crippen molar-refractivity contribution in [3.05, 3.63) is 56.9 Å². The van der Waals surface area contributed by atoms with Gasteiger partial charge in [0.05, 0.1) is 35.6 Å². The quantitative estimate of drug-likeness (QED) is 0.335. The second-order valence-electron chi connectivity index (χ2n) is 8.04. The molecule has 1 atom stereocenters. The molecule has 1 aromatic carbocycles. The summed E-state index contributed by atoms with van der Waals surface area (Å²) >= 11 is 0. The van der Waals surface area contributed by atoms with Gasteiger partial charge in [0.2, 0.25) is 0 Å². The van der Waals surface area contributed by atoms with Gasteiger partial charge in [-0.2, -0.15) is 5.06 Å². The van der Waals surface area contributed by atoms with E-state index in [1.807, 2.05) is 6.07 Å². The van der Waals surface area contributed by atoms with Gasteiger partial charge >= 0.3 is 5.97 Å². The van der Waals surface area contributed by atoms with E-state index in [1.54, 1.807) is 23.6 Å². The first kappa shape index (κ1) is 19.7. The molecule has 1 unspecified atom stereocenters. The number of cyclic esters (lactones) is 1. The first-order chi connectivity index (χ1) is 14.7. The number of phenolic OH excluding ortho intramolecular Hbond substituents is 1. The predicted molar refractivity (Wildman–Crippen MR) is 109 cm³/mol. The average Bonchev–Trinajstić information content (AvgIpc) is 3.10. The third kappa shape index (κ3) is 2.71. The van der Waals surface area contributed by atoms with E-state index in [-0.39, 0.29) is 48.6 Å². The lowest BCUT2D eigenvalue weighted by Gasteiger charge is -2.31. The monoisotopic (exact) mass is 423 g/mol. The van der Waals surface area contributed by atoms with E-state index in [4.69, 9.17) is 9.72 Å². The molecule has 0 fully saturated rings. The number of aliphatic hydroxyl groups is 1. The summed E-state index contributed by atoms with van der Waals surface area (Å²) in [6, 6.07) is 6.70. The SMILES string of the molecule is CCC1(O)C(=O)OCc2c1cc1n(c2=O)Cc2cc3c(CN(C)O)c(O)ccc3nc2-1. The van der Waals surface area contributed by atoms with Crippen molar-refractivity contribution in [1.29, 1.82) is 0 Å². The standard InChI is InChI=1S/C22H21N3O6/c1-3-22(29)15-7-17-19-11(8-25(17)20(27)14(15)10-31-21(22)28)6-12-13(9-24(2)30)18(26)5-4-16(12)23-19/h4-7,26,29-30H,3,8-10H2,1-2H3. The van der Waals surface area contributed by atoms with Crippen molar-refractivity contribution in [1.82, 2.24) is 14.6 Å². The summed E-state index contributed by atoms with van der Waals surface area (Å²) in [4.78, 5) is 30.2. The Labute approximate surface area is 176 Å². The van der Waals surface area contributed by atoms with Crippen LogP contribution < -0.4 is 5.56 Å². The van der Waals surface area contributed by atoms with Crippen molar-refractivity contribution >= 4 is 16.9 Å². The number of carbonyl (C=O) groups is 1. The number of aromatic nitrogens is 2. The molecule has 2 aliphatic heterocycles. The minimum absolute atomic E-state index is 0.0435. The van der Waals surface area contributed by atoms with Gasteiger partial charge < -0.3 is 24.7 Å². The lowest BCUT2D eigenvalue weighted by atomic mass is 9.86. The van der Waals surface area contributed by atoms with Crippen LogP contribution in [0.3, 0.4) is 0 Å². The Morgan fingerprint density at radius 1 is 1.29 bits per heavy atom. The van der Waals surface area contributed by atoms with Crippen LogP contribution in [0, 0.1) is 0 Å². The zero-order valence-corrected chi connectivity index (χ0v) is 17.0. The predicted octanol–water partition coefficient (Wildman–Crippen LogP) is 1.61. The van der Waals surface area contributed by atoms with E-state index < -0.39 is 11.6 Å². The first-order valence-electron chi connectivity index (χ1n) is 9.96. The Bertz CT molecular complexity index is 1330. The normalized spacial score (nSPS) is 19.3. The van der Waals surface area contributed by atoms with Crippen LogP contribution in [0.2, 0.25) is 0 Å². The molecule has 4 heterocycles. The Hall–Kier alpha value is -3.27. The number of ether oxygens (including phenoxy) is 1. The fraction of sp³-hybridized carbons (Fsp3) is 0.318. The van der Waals surface area contributed by atoms with Gasteiger partial charge in [-0.25, -0.2) is 9.78 Å². The van der Waals surface area contributed by atoms with Crippen molar-refractivity contribution < 1.29 is 25.0 Å². The second-order valence-corrected chi connectivity index (χ2v) is 8.04. The lowest BCUT2D eigenvalue weighted by molar-refractivity contribution is -0.172. The van der Waals surface area contributed by atoms with E-state index in [1.165, 1.54) is 13.1 Å². The van der Waals surface area contributed by atoms with E-state index in [0.29, 0.717) is 27.9 Å². The molecule has 0 saturated carbocycles. The van der Waals surface area contributed by atoms with Crippen LogP contribution in [0.1, 0.15) is 35.6 Å². The van der Waals surface area contributed by atoms with Crippen molar-refractivity contribution in [2.75, 3.05) is 7.05 Å². The molecular formula is C22H21N3O6. The maximum absolute atomic E-state index is 13.2. The average molecular weight is 423 g/mol. The number of esters is 1. The van der Waals surface area contributed by atoms with E-state index in [9.17, 15) is 25.0 Å². The number of aromatic hydroxyl groups is 1. The highest BCUT2D eigenvalue weighted by Crippen LogP contribution is 2.39. The molecule has 0 radical (unpaired) electrons. The van der Waals surface area contributed by atoms with Crippen molar-refractivity contribution in [3.63, 3.8) is 0 Å². The number of hydrogen-bond donors (Lipinski definition) is 3. The zero-order chi connectivity index (χ0) is 22.1. The molecular weight excluding hydrogens is 402 g/mol. The Kier molecular flexibility index (Phi) is 4.20. The second kappa shape index (κ2) is 6.61. The van der Waals surface area contributed by atoms with Crippen molar-refractivity contribution in [2.45, 2.75) is 38.6 Å². The molecule has 0 amide bonds. The molecule has 9 nitrogen and oxygen atoms in total. The smallest absolute Gasteiger partial charge is 0.343 e. The third-order valence-corrected chi connectivity index (χ3v) is 6.17. The molecule has 0 bridgehead atoms. The highest BCUT2D eigenvalue weighted by atomic mass is 16.6. The fourth-order valence-corrected chi connectivity index (χ4v) is 4.49. The van der Waals surface area contributed by atoms with Crippen LogP contribution in [0.25, 0.3) is 22.3 Å². The number of benzene rings is 1. The highest BCUT2D eigenvalue weighted by Gasteiger charge is 2.45. The number of hydroxylamine groups is 2. The molecule has 9 heteroatoms. The van der Waals surface area contributed by atoms with Gasteiger partial charge in [0.25, 0.3) is 5.56 Å². The molecule has 0 spiro atoms. The Morgan fingerprint density at radius 3 is 2.77 bits per heavy atom. The summed E-state index contributed by atoms with van der Waals surface area (Å²) in [7, 11) is 1.48. The topological polar surface area (TPSA) is 125 Å². The van der Waals surface area contributed by atoms with Gasteiger partial charge in [0, 0.05) is 29.1 Å². The molecule has 0 aliphatic carbocycles. The molecule has 2 aromatic heterocycles. The fourth-order valence-electron chi connectivity index (χ4n) is 4.49. The number of carbonyl (C=O) groups excluding carboxylic acids is 1. The van der Waals surface area contributed by atoms with Crippen LogP contribution in [0.4, 0.5) is 0 Å². The summed E-state index contributed by atoms with van der Waals surface area (Å²) < 4.78 is 6.64. The largest absolute Gasteiger partial charge is 0.508 e. The molecule has 31 heavy (non-hydrogen) atoms. The number of pyridine rings is 2. The summed E-state index contributed by atoms with van der Waals surface area (Å²) in [6.07, 6.45) is 0.0804. The van der Waals surface area contributed by atoms with E-state index in [0.717, 1.165) is 10.6 Å². The Balaban J connectivity index is 1.75. The van der Waals surface area contributed by atoms with Gasteiger partial charge in [-0.05, 0) is 30.7 Å². The summed E-state index contributed by atoms with van der Waals surface area (Å²) in [6.45, 7) is 1.85. The van der Waals surface area contributed by atoms with Gasteiger partial charge in [-0.1, -0.05) is 6.92 Å². The molecule has 3 aromatic rings. The number of phenols is 1. The first-order valence-corrected chi connectivity index (χ1v) is 9.96. The van der Waals surface area contributed by atoms with Crippen LogP contribution in [-0.2, 0) is 34.8 Å². The maximum atomic E-state index is 13.2. The third-order valence-electron chi connectivity index (χ3n) is 6.17. The number of nitrogens with zero attached hydrogens (tertiary/aromatic N) is 3. The van der Waals surface area contributed by atoms with Crippen LogP contribution in [0.5, 0.6) is 5.75 Å². The minimum Gasteiger partial charge on any atom is -0.508 e. The van der Waals surface area contributed by atoms with Crippen LogP contribution in [0.15, 0.2) is 29.1 Å². The van der Waals surface area contributed by atoms with E-state index >= 15 is 0 Å². The van der Waals surface area contributed by atoms with Gasteiger partial charge in [-0.15, -0.1) is 0 Å². The molecule has 5 rings (SSSR count). The van der Waals surface area contributed by atoms with Crippen LogP contribution >= 0.6 is 0 Å². The maximum Gasteiger partial charge on any atom is 0.343 e. The summed E-state index contributed by atoms with van der Waals surface area (Å²) in [5.74, 6) is -0.716. The molecule has 160 valence electrons. The zero-order valence-electron chi connectivity index (χ0n) is 17.0. The lowest BCUT2D eigenvalue weighted by Crippen LogP contribution is -2.44. The van der Waals surface area contributed by atoms with Crippen LogP contribution in [-0.4, -0.2) is 43.1 Å². The van der Waals surface area contributed by atoms with Crippen molar-refractivity contribution in [3.8, 4) is 17.1 Å². The van der Waals surface area contributed by atoms with Gasteiger partial charge in [0.15, 0.2) is 5.60 Å². The summed E-state index contributed by atoms with van der Waals surface area (Å²) in [5, 5.41) is 32.5.